The van der Waals surface area contributed by atoms with Crippen molar-refractivity contribution in [2.45, 2.75) is 13.0 Å². The normalized spacial score (nSPS) is 12.7. The smallest absolute Gasteiger partial charge is 0.111 e. The van der Waals surface area contributed by atoms with E-state index in [4.69, 9.17) is 0 Å². The number of aromatic nitrogens is 3. The number of hydrogen-bond donors (Lipinski definition) is 1. The Hall–Kier alpha value is -1.68. The molecular formula is C10H11N3O. The van der Waals surface area contributed by atoms with Crippen LogP contribution in [0.5, 0.6) is 0 Å². The fourth-order valence-corrected chi connectivity index (χ4v) is 1.18. The lowest BCUT2D eigenvalue weighted by molar-refractivity contribution is 0.194. The van der Waals surface area contributed by atoms with Crippen LogP contribution in [-0.2, 0) is 0 Å². The maximum atomic E-state index is 9.27. The number of para-hydroxylation sites is 1. The van der Waals surface area contributed by atoms with Gasteiger partial charge < -0.3 is 5.11 Å². The van der Waals surface area contributed by atoms with Crippen molar-refractivity contribution < 1.29 is 5.11 Å². The summed E-state index contributed by atoms with van der Waals surface area (Å²) in [6.45, 7) is 1.67. The third-order valence-corrected chi connectivity index (χ3v) is 1.96. The van der Waals surface area contributed by atoms with E-state index in [1.807, 2.05) is 30.3 Å². The van der Waals surface area contributed by atoms with E-state index in [-0.39, 0.29) is 0 Å². The molecule has 1 aromatic carbocycles. The van der Waals surface area contributed by atoms with Crippen LogP contribution in [0.4, 0.5) is 0 Å². The van der Waals surface area contributed by atoms with E-state index in [0.717, 1.165) is 5.69 Å². The molecule has 1 aromatic heterocycles. The largest absolute Gasteiger partial charge is 0.387 e. The molecule has 2 aromatic rings. The van der Waals surface area contributed by atoms with E-state index >= 15 is 0 Å². The van der Waals surface area contributed by atoms with Crippen LogP contribution >= 0.6 is 0 Å². The summed E-state index contributed by atoms with van der Waals surface area (Å²) in [5.74, 6) is 0. The van der Waals surface area contributed by atoms with Gasteiger partial charge in [-0.15, -0.1) is 5.10 Å². The molecule has 72 valence electrons. The van der Waals surface area contributed by atoms with Crippen molar-refractivity contribution in [3.63, 3.8) is 0 Å². The molecule has 0 saturated carbocycles. The Morgan fingerprint density at radius 3 is 2.57 bits per heavy atom. The highest BCUT2D eigenvalue weighted by Crippen LogP contribution is 2.10. The second-order valence-corrected chi connectivity index (χ2v) is 3.10. The third kappa shape index (κ3) is 1.65. The average Bonchev–Trinajstić information content (AvgIpc) is 2.68. The summed E-state index contributed by atoms with van der Waals surface area (Å²) in [6, 6.07) is 9.66. The van der Waals surface area contributed by atoms with Crippen LogP contribution in [0.25, 0.3) is 5.69 Å². The van der Waals surface area contributed by atoms with Crippen molar-refractivity contribution >= 4 is 0 Å². The van der Waals surface area contributed by atoms with Crippen LogP contribution in [-0.4, -0.2) is 20.1 Å². The summed E-state index contributed by atoms with van der Waals surface area (Å²) in [6.07, 6.45) is 1.15. The Morgan fingerprint density at radius 1 is 1.29 bits per heavy atom. The van der Waals surface area contributed by atoms with Gasteiger partial charge in [-0.1, -0.05) is 23.4 Å². The van der Waals surface area contributed by atoms with Crippen LogP contribution < -0.4 is 0 Å². The van der Waals surface area contributed by atoms with Crippen molar-refractivity contribution in [3.05, 3.63) is 42.2 Å². The Bertz CT molecular complexity index is 408. The molecule has 0 fully saturated rings. The molecule has 14 heavy (non-hydrogen) atoms. The molecule has 0 radical (unpaired) electrons. The third-order valence-electron chi connectivity index (χ3n) is 1.96. The van der Waals surface area contributed by atoms with Gasteiger partial charge in [0.15, 0.2) is 0 Å². The van der Waals surface area contributed by atoms with Crippen LogP contribution in [0, 0.1) is 0 Å². The molecule has 0 bridgehead atoms. The summed E-state index contributed by atoms with van der Waals surface area (Å²) >= 11 is 0. The second kappa shape index (κ2) is 3.59. The number of aliphatic hydroxyl groups is 1. The first-order valence-corrected chi connectivity index (χ1v) is 4.43. The first-order valence-electron chi connectivity index (χ1n) is 4.43. The van der Waals surface area contributed by atoms with E-state index in [1.54, 1.807) is 17.8 Å². The molecule has 2 rings (SSSR count). The summed E-state index contributed by atoms with van der Waals surface area (Å²) < 4.78 is 1.64. The lowest BCUT2D eigenvalue weighted by Crippen LogP contribution is -1.93. The SMILES string of the molecule is C[C@H](O)c1cn(-c2ccccc2)nn1. The summed E-state index contributed by atoms with van der Waals surface area (Å²) in [7, 11) is 0. The van der Waals surface area contributed by atoms with E-state index in [0.29, 0.717) is 5.69 Å². The Kier molecular flexibility index (Phi) is 2.28. The van der Waals surface area contributed by atoms with Gasteiger partial charge in [0.2, 0.25) is 0 Å². The fourth-order valence-electron chi connectivity index (χ4n) is 1.18. The zero-order valence-electron chi connectivity index (χ0n) is 7.83. The van der Waals surface area contributed by atoms with Crippen molar-refractivity contribution in [2.24, 2.45) is 0 Å². The number of nitrogens with zero attached hydrogens (tertiary/aromatic N) is 3. The molecular weight excluding hydrogens is 178 g/mol. The van der Waals surface area contributed by atoms with Gasteiger partial charge in [0, 0.05) is 0 Å². The topological polar surface area (TPSA) is 50.9 Å². The highest BCUT2D eigenvalue weighted by atomic mass is 16.3. The lowest BCUT2D eigenvalue weighted by Gasteiger charge is -1.98. The van der Waals surface area contributed by atoms with Crippen LogP contribution in [0.15, 0.2) is 36.5 Å². The van der Waals surface area contributed by atoms with E-state index in [2.05, 4.69) is 10.3 Å². The average molecular weight is 189 g/mol. The molecule has 0 aliphatic carbocycles. The van der Waals surface area contributed by atoms with Crippen LogP contribution in [0.1, 0.15) is 18.7 Å². The quantitative estimate of drug-likeness (QED) is 0.775. The molecule has 0 aliphatic rings. The zero-order chi connectivity index (χ0) is 9.97. The van der Waals surface area contributed by atoms with Gasteiger partial charge in [-0.05, 0) is 19.1 Å². The standard InChI is InChI=1S/C10H11N3O/c1-8(14)10-7-13(12-11-10)9-5-3-2-4-6-9/h2-8,14H,1H3/t8-/m0/s1. The minimum Gasteiger partial charge on any atom is -0.387 e. The predicted molar refractivity (Wildman–Crippen MR) is 52.0 cm³/mol. The first kappa shape index (κ1) is 8.90. The van der Waals surface area contributed by atoms with Gasteiger partial charge in [-0.3, -0.25) is 0 Å². The van der Waals surface area contributed by atoms with Crippen LogP contribution in [0.3, 0.4) is 0 Å². The molecule has 0 unspecified atom stereocenters. The number of rotatable bonds is 2. The first-order chi connectivity index (χ1) is 6.77. The number of aliphatic hydroxyl groups excluding tert-OH is 1. The summed E-state index contributed by atoms with van der Waals surface area (Å²) in [5, 5.41) is 17.0. The number of hydrogen-bond acceptors (Lipinski definition) is 3. The van der Waals surface area contributed by atoms with E-state index in [1.165, 1.54) is 0 Å². The summed E-state index contributed by atoms with van der Waals surface area (Å²) in [5.41, 5.74) is 1.51. The van der Waals surface area contributed by atoms with Gasteiger partial charge in [-0.2, -0.15) is 0 Å². The molecule has 4 nitrogen and oxygen atoms in total. The highest BCUT2D eigenvalue weighted by molar-refractivity contribution is 5.29. The lowest BCUT2D eigenvalue weighted by atomic mass is 10.3. The van der Waals surface area contributed by atoms with Crippen molar-refractivity contribution in [1.82, 2.24) is 15.0 Å². The number of benzene rings is 1. The van der Waals surface area contributed by atoms with E-state index in [9.17, 15) is 5.11 Å². The van der Waals surface area contributed by atoms with Crippen molar-refractivity contribution in [3.8, 4) is 5.69 Å². The monoisotopic (exact) mass is 189 g/mol. The molecule has 0 aliphatic heterocycles. The van der Waals surface area contributed by atoms with Gasteiger partial charge >= 0.3 is 0 Å². The van der Waals surface area contributed by atoms with Crippen LogP contribution in [0.2, 0.25) is 0 Å². The Labute approximate surface area is 81.8 Å². The zero-order valence-corrected chi connectivity index (χ0v) is 7.83. The maximum Gasteiger partial charge on any atom is 0.111 e. The van der Waals surface area contributed by atoms with Gasteiger partial charge in [0.1, 0.15) is 5.69 Å². The van der Waals surface area contributed by atoms with Gasteiger partial charge in [0.25, 0.3) is 0 Å². The predicted octanol–water partition coefficient (Wildman–Crippen LogP) is 1.32. The second-order valence-electron chi connectivity index (χ2n) is 3.10. The molecule has 1 atom stereocenters. The highest BCUT2D eigenvalue weighted by Gasteiger charge is 2.06. The van der Waals surface area contributed by atoms with Gasteiger partial charge in [-0.25, -0.2) is 4.68 Å². The maximum absolute atomic E-state index is 9.27. The molecule has 0 spiro atoms. The Balaban J connectivity index is 2.34. The molecule has 1 N–H and O–H groups in total. The van der Waals surface area contributed by atoms with Gasteiger partial charge in [0.05, 0.1) is 18.0 Å². The van der Waals surface area contributed by atoms with Crippen molar-refractivity contribution in [1.29, 1.82) is 0 Å². The Morgan fingerprint density at radius 2 is 2.00 bits per heavy atom. The summed E-state index contributed by atoms with van der Waals surface area (Å²) in [4.78, 5) is 0. The molecule has 4 heteroatoms. The minimum absolute atomic E-state index is 0.576. The minimum atomic E-state index is -0.576. The van der Waals surface area contributed by atoms with E-state index < -0.39 is 6.10 Å². The van der Waals surface area contributed by atoms with Crippen molar-refractivity contribution in [2.75, 3.05) is 0 Å². The molecule has 0 saturated heterocycles. The molecule has 1 heterocycles. The fraction of sp³-hybridized carbons (Fsp3) is 0.200. The molecule has 0 amide bonds.